The Morgan fingerprint density at radius 2 is 2.00 bits per heavy atom. The number of hydrogen-bond donors (Lipinski definition) is 1. The summed E-state index contributed by atoms with van der Waals surface area (Å²) in [5.41, 5.74) is 5.77. The lowest BCUT2D eigenvalue weighted by molar-refractivity contribution is 0.0371. The highest BCUT2D eigenvalue weighted by molar-refractivity contribution is 5.68. The lowest BCUT2D eigenvalue weighted by Crippen LogP contribution is -2.57. The summed E-state index contributed by atoms with van der Waals surface area (Å²) in [6, 6.07) is 0. The Morgan fingerprint density at radius 3 is 2.35 bits per heavy atom. The monoisotopic (exact) mass is 242 g/mol. The predicted molar refractivity (Wildman–Crippen MR) is 68.8 cm³/mol. The quantitative estimate of drug-likeness (QED) is 0.823. The highest BCUT2D eigenvalue weighted by Gasteiger charge is 2.41. The standard InChI is InChI=1S/C13H26N2O2/c1-4-11-6-8-13(10-14,9-7-11)15(5-2)12(16)17-3/h11H,4-10,14H2,1-3H3. The van der Waals surface area contributed by atoms with E-state index >= 15 is 0 Å². The zero-order chi connectivity index (χ0) is 12.9. The van der Waals surface area contributed by atoms with Crippen molar-refractivity contribution in [2.24, 2.45) is 11.7 Å². The Morgan fingerprint density at radius 1 is 1.41 bits per heavy atom. The molecule has 1 fully saturated rings. The van der Waals surface area contributed by atoms with E-state index in [0.29, 0.717) is 13.1 Å². The van der Waals surface area contributed by atoms with Gasteiger partial charge in [-0.2, -0.15) is 0 Å². The zero-order valence-electron chi connectivity index (χ0n) is 11.4. The third-order valence-corrected chi connectivity index (χ3v) is 4.28. The maximum absolute atomic E-state index is 11.8. The first-order valence-electron chi connectivity index (χ1n) is 6.69. The Bertz CT molecular complexity index is 248. The summed E-state index contributed by atoms with van der Waals surface area (Å²) in [4.78, 5) is 13.6. The van der Waals surface area contributed by atoms with E-state index < -0.39 is 0 Å². The molecule has 1 rings (SSSR count). The molecule has 1 aliphatic carbocycles. The van der Waals surface area contributed by atoms with Gasteiger partial charge in [-0.1, -0.05) is 13.3 Å². The van der Waals surface area contributed by atoms with Crippen molar-refractivity contribution < 1.29 is 9.53 Å². The molecule has 0 aliphatic heterocycles. The molecule has 0 aromatic rings. The molecule has 1 aliphatic rings. The largest absolute Gasteiger partial charge is 0.453 e. The van der Waals surface area contributed by atoms with E-state index in [1.165, 1.54) is 26.4 Å². The van der Waals surface area contributed by atoms with Gasteiger partial charge >= 0.3 is 6.09 Å². The van der Waals surface area contributed by atoms with Crippen LogP contribution in [0.3, 0.4) is 0 Å². The molecule has 0 radical (unpaired) electrons. The fourth-order valence-electron chi connectivity index (χ4n) is 2.98. The summed E-state index contributed by atoms with van der Waals surface area (Å²) in [7, 11) is 1.44. The van der Waals surface area contributed by atoms with Crippen LogP contribution in [0.25, 0.3) is 0 Å². The van der Waals surface area contributed by atoms with Crippen LogP contribution in [0.4, 0.5) is 4.79 Å². The van der Waals surface area contributed by atoms with Gasteiger partial charge in [-0.25, -0.2) is 4.79 Å². The molecule has 17 heavy (non-hydrogen) atoms. The minimum absolute atomic E-state index is 0.173. The third-order valence-electron chi connectivity index (χ3n) is 4.28. The number of carbonyl (C=O) groups is 1. The number of ether oxygens (including phenoxy) is 1. The van der Waals surface area contributed by atoms with Crippen molar-refractivity contribution in [1.82, 2.24) is 4.90 Å². The van der Waals surface area contributed by atoms with E-state index in [-0.39, 0.29) is 11.6 Å². The van der Waals surface area contributed by atoms with Crippen LogP contribution in [-0.2, 0) is 4.74 Å². The van der Waals surface area contributed by atoms with Crippen LogP contribution in [0.1, 0.15) is 46.0 Å². The lowest BCUT2D eigenvalue weighted by Gasteiger charge is -2.46. The highest BCUT2D eigenvalue weighted by atomic mass is 16.5. The Balaban J connectivity index is 2.77. The minimum Gasteiger partial charge on any atom is -0.453 e. The number of carbonyl (C=O) groups excluding carboxylic acids is 1. The maximum atomic E-state index is 11.8. The summed E-state index contributed by atoms with van der Waals surface area (Å²) < 4.78 is 4.87. The Hall–Kier alpha value is -0.770. The molecule has 4 nitrogen and oxygen atoms in total. The molecule has 0 heterocycles. The smallest absolute Gasteiger partial charge is 0.409 e. The summed E-state index contributed by atoms with van der Waals surface area (Å²) >= 11 is 0. The molecule has 100 valence electrons. The average molecular weight is 242 g/mol. The number of amides is 1. The molecule has 4 heteroatoms. The average Bonchev–Trinajstić information content (AvgIpc) is 2.39. The normalized spacial score (nSPS) is 28.8. The number of likely N-dealkylation sites (N-methyl/N-ethyl adjacent to an activating group) is 1. The molecule has 0 unspecified atom stereocenters. The second-order valence-corrected chi connectivity index (χ2v) is 4.99. The third kappa shape index (κ3) is 2.92. The fourth-order valence-corrected chi connectivity index (χ4v) is 2.98. The Kier molecular flexibility index (Phi) is 5.25. The highest BCUT2D eigenvalue weighted by Crippen LogP contribution is 2.37. The van der Waals surface area contributed by atoms with Gasteiger partial charge in [0, 0.05) is 13.1 Å². The molecule has 0 spiro atoms. The van der Waals surface area contributed by atoms with Gasteiger partial charge in [-0.15, -0.1) is 0 Å². The molecule has 0 bridgehead atoms. The van der Waals surface area contributed by atoms with Gasteiger partial charge in [0.15, 0.2) is 0 Å². The first-order valence-corrected chi connectivity index (χ1v) is 6.69. The summed E-state index contributed by atoms with van der Waals surface area (Å²) in [6.07, 6.45) is 5.33. The summed E-state index contributed by atoms with van der Waals surface area (Å²) in [5.74, 6) is 0.797. The van der Waals surface area contributed by atoms with Crippen LogP contribution in [0.15, 0.2) is 0 Å². The summed E-state index contributed by atoms with van der Waals surface area (Å²) in [5, 5.41) is 0. The van der Waals surface area contributed by atoms with E-state index in [1.54, 1.807) is 0 Å². The lowest BCUT2D eigenvalue weighted by atomic mass is 9.74. The second kappa shape index (κ2) is 6.24. The summed E-state index contributed by atoms with van der Waals surface area (Å²) in [6.45, 7) is 5.42. The number of nitrogens with two attached hydrogens (primary N) is 1. The number of methoxy groups -OCH3 is 1. The van der Waals surface area contributed by atoms with E-state index in [1.807, 2.05) is 11.8 Å². The molecule has 1 saturated carbocycles. The van der Waals surface area contributed by atoms with Crippen molar-refractivity contribution in [1.29, 1.82) is 0 Å². The first kappa shape index (κ1) is 14.3. The molecule has 1 amide bonds. The molecular weight excluding hydrogens is 216 g/mol. The van der Waals surface area contributed by atoms with Gasteiger partial charge in [0.25, 0.3) is 0 Å². The molecule has 0 atom stereocenters. The van der Waals surface area contributed by atoms with Crippen LogP contribution >= 0.6 is 0 Å². The van der Waals surface area contributed by atoms with Gasteiger partial charge in [0.05, 0.1) is 12.6 Å². The molecule has 0 aromatic carbocycles. The number of hydrogen-bond acceptors (Lipinski definition) is 3. The molecule has 0 aromatic heterocycles. The van der Waals surface area contributed by atoms with Gasteiger partial charge in [0.2, 0.25) is 0 Å². The van der Waals surface area contributed by atoms with Crippen LogP contribution in [0, 0.1) is 5.92 Å². The Labute approximate surface area is 104 Å². The van der Waals surface area contributed by atoms with Crippen LogP contribution in [0.2, 0.25) is 0 Å². The molecule has 2 N–H and O–H groups in total. The second-order valence-electron chi connectivity index (χ2n) is 4.99. The van der Waals surface area contributed by atoms with Gasteiger partial charge in [0.1, 0.15) is 0 Å². The van der Waals surface area contributed by atoms with Crippen molar-refractivity contribution >= 4 is 6.09 Å². The van der Waals surface area contributed by atoms with Crippen molar-refractivity contribution in [2.45, 2.75) is 51.5 Å². The number of nitrogens with zero attached hydrogens (tertiary/aromatic N) is 1. The first-order chi connectivity index (χ1) is 8.13. The van der Waals surface area contributed by atoms with E-state index in [2.05, 4.69) is 6.92 Å². The van der Waals surface area contributed by atoms with Crippen LogP contribution < -0.4 is 5.73 Å². The van der Waals surface area contributed by atoms with Crippen molar-refractivity contribution in [3.63, 3.8) is 0 Å². The van der Waals surface area contributed by atoms with Gasteiger partial charge < -0.3 is 15.4 Å². The van der Waals surface area contributed by atoms with Crippen LogP contribution in [0.5, 0.6) is 0 Å². The predicted octanol–water partition coefficient (Wildman–Crippen LogP) is 2.37. The van der Waals surface area contributed by atoms with E-state index in [4.69, 9.17) is 10.5 Å². The number of rotatable bonds is 4. The van der Waals surface area contributed by atoms with Gasteiger partial charge in [-0.05, 0) is 38.5 Å². The van der Waals surface area contributed by atoms with Crippen molar-refractivity contribution in [3.05, 3.63) is 0 Å². The molecule has 0 saturated heterocycles. The van der Waals surface area contributed by atoms with Gasteiger partial charge in [-0.3, -0.25) is 0 Å². The van der Waals surface area contributed by atoms with Crippen molar-refractivity contribution in [3.8, 4) is 0 Å². The minimum atomic E-state index is -0.243. The van der Waals surface area contributed by atoms with E-state index in [0.717, 1.165) is 18.8 Å². The van der Waals surface area contributed by atoms with E-state index in [9.17, 15) is 4.79 Å². The van der Waals surface area contributed by atoms with Crippen molar-refractivity contribution in [2.75, 3.05) is 20.2 Å². The molecular formula is C13H26N2O2. The zero-order valence-corrected chi connectivity index (χ0v) is 11.4. The fraction of sp³-hybridized carbons (Fsp3) is 0.923. The maximum Gasteiger partial charge on any atom is 0.409 e. The topological polar surface area (TPSA) is 55.6 Å². The van der Waals surface area contributed by atoms with Crippen LogP contribution in [-0.4, -0.2) is 36.7 Å². The SMILES string of the molecule is CCC1CCC(CN)(N(CC)C(=O)OC)CC1.